The topological polar surface area (TPSA) is 77.9 Å². The molecule has 36 heavy (non-hydrogen) atoms. The van der Waals surface area contributed by atoms with Crippen molar-refractivity contribution in [3.8, 4) is 11.1 Å². The standard InChI is InChI=1S/C21H14F6N2O4S3/c1-28(8-17(31)32)16(30)7-29-18(33)15(36-19(29)34)6-14-4-11(9-35-14)10-2-12(20(22,23)24)5-13(3-10)21(25,26)27/h2-6,9H,7-8H2,1H3,(H,31,32). The fourth-order valence-electron chi connectivity index (χ4n) is 3.01. The van der Waals surface area contributed by atoms with E-state index in [-0.39, 0.29) is 26.4 Å². The Morgan fingerprint density at radius 3 is 2.17 bits per heavy atom. The summed E-state index contributed by atoms with van der Waals surface area (Å²) in [6, 6.07) is 2.59. The van der Waals surface area contributed by atoms with Crippen molar-refractivity contribution in [2.24, 2.45) is 0 Å². The molecule has 0 aliphatic carbocycles. The number of hydrogen-bond donors (Lipinski definition) is 1. The van der Waals surface area contributed by atoms with E-state index in [0.29, 0.717) is 17.0 Å². The van der Waals surface area contributed by atoms with Gasteiger partial charge in [0.2, 0.25) is 5.91 Å². The molecule has 1 aromatic heterocycles. The Bertz CT molecular complexity index is 1240. The van der Waals surface area contributed by atoms with Crippen molar-refractivity contribution in [2.45, 2.75) is 12.4 Å². The summed E-state index contributed by atoms with van der Waals surface area (Å²) in [4.78, 5) is 37.9. The molecule has 0 unspecified atom stereocenters. The van der Waals surface area contributed by atoms with Crippen LogP contribution in [0.1, 0.15) is 16.0 Å². The van der Waals surface area contributed by atoms with Crippen LogP contribution in [-0.4, -0.2) is 57.1 Å². The van der Waals surface area contributed by atoms with Gasteiger partial charge in [0.25, 0.3) is 5.91 Å². The van der Waals surface area contributed by atoms with Crippen molar-refractivity contribution in [1.29, 1.82) is 0 Å². The number of aliphatic carboxylic acids is 1. The van der Waals surface area contributed by atoms with E-state index in [9.17, 15) is 40.7 Å². The summed E-state index contributed by atoms with van der Waals surface area (Å²) >= 11 is 6.95. The first-order chi connectivity index (χ1) is 16.6. The summed E-state index contributed by atoms with van der Waals surface area (Å²) < 4.78 is 79.0. The van der Waals surface area contributed by atoms with E-state index < -0.39 is 54.4 Å². The second kappa shape index (κ2) is 10.2. The van der Waals surface area contributed by atoms with Crippen LogP contribution < -0.4 is 0 Å². The lowest BCUT2D eigenvalue weighted by Gasteiger charge is -2.19. The summed E-state index contributed by atoms with van der Waals surface area (Å²) in [7, 11) is 1.25. The highest BCUT2D eigenvalue weighted by Crippen LogP contribution is 2.40. The SMILES string of the molecule is CN(CC(=O)O)C(=O)CN1C(=O)C(=Cc2cc(-c3cc(C(F)(F)F)cc(C(F)(F)F)c3)cs2)SC1=S. The molecule has 192 valence electrons. The summed E-state index contributed by atoms with van der Waals surface area (Å²) in [5.74, 6) is -2.55. The zero-order valence-electron chi connectivity index (χ0n) is 17.9. The van der Waals surface area contributed by atoms with Crippen LogP contribution in [0.2, 0.25) is 0 Å². The minimum Gasteiger partial charge on any atom is -0.480 e. The summed E-state index contributed by atoms with van der Waals surface area (Å²) in [5, 5.41) is 10.1. The van der Waals surface area contributed by atoms with Gasteiger partial charge >= 0.3 is 18.3 Å². The average molecular weight is 569 g/mol. The number of thiophene rings is 1. The van der Waals surface area contributed by atoms with Gasteiger partial charge in [-0.15, -0.1) is 11.3 Å². The van der Waals surface area contributed by atoms with Crippen LogP contribution in [-0.2, 0) is 26.7 Å². The number of thiocarbonyl (C=S) groups is 1. The average Bonchev–Trinajstić information content (AvgIpc) is 3.32. The molecular formula is C21H14F6N2O4S3. The lowest BCUT2D eigenvalue weighted by molar-refractivity contribution is -0.144. The molecular weight excluding hydrogens is 554 g/mol. The first-order valence-electron chi connectivity index (χ1n) is 9.66. The minimum atomic E-state index is -4.99. The molecule has 1 fully saturated rings. The number of hydrogen-bond acceptors (Lipinski definition) is 6. The first kappa shape index (κ1) is 27.7. The van der Waals surface area contributed by atoms with Crippen LogP contribution in [0.5, 0.6) is 0 Å². The van der Waals surface area contributed by atoms with Crippen LogP contribution in [0.15, 0.2) is 34.6 Å². The van der Waals surface area contributed by atoms with Crippen LogP contribution in [0, 0.1) is 0 Å². The molecule has 0 saturated carbocycles. The number of nitrogens with zero attached hydrogens (tertiary/aromatic N) is 2. The predicted molar refractivity (Wildman–Crippen MR) is 125 cm³/mol. The number of halogens is 6. The number of carbonyl (C=O) groups is 3. The number of thioether (sulfide) groups is 1. The van der Waals surface area contributed by atoms with E-state index in [2.05, 4.69) is 0 Å². The molecule has 0 atom stereocenters. The summed E-state index contributed by atoms with van der Waals surface area (Å²) in [6.45, 7) is -1.07. The van der Waals surface area contributed by atoms with Gasteiger partial charge in [-0.25, -0.2) is 0 Å². The van der Waals surface area contributed by atoms with E-state index in [4.69, 9.17) is 17.3 Å². The van der Waals surface area contributed by atoms with Crippen molar-refractivity contribution in [3.05, 3.63) is 50.6 Å². The van der Waals surface area contributed by atoms with E-state index in [0.717, 1.165) is 32.9 Å². The van der Waals surface area contributed by atoms with Crippen molar-refractivity contribution < 1.29 is 45.8 Å². The zero-order valence-corrected chi connectivity index (χ0v) is 20.4. The number of likely N-dealkylation sites (N-methyl/N-ethyl adjacent to an activating group) is 1. The third-order valence-electron chi connectivity index (χ3n) is 4.78. The summed E-state index contributed by atoms with van der Waals surface area (Å²) in [6.07, 6.45) is -8.62. The lowest BCUT2D eigenvalue weighted by Crippen LogP contribution is -2.42. The molecule has 1 aliphatic rings. The van der Waals surface area contributed by atoms with Gasteiger partial charge < -0.3 is 10.0 Å². The largest absolute Gasteiger partial charge is 0.480 e. The zero-order chi connectivity index (χ0) is 27.0. The molecule has 1 saturated heterocycles. The number of alkyl halides is 6. The number of carboxylic acid groups (broad SMARTS) is 1. The second-order valence-corrected chi connectivity index (χ2v) is 10.1. The number of carbonyl (C=O) groups excluding carboxylic acids is 2. The number of rotatable bonds is 6. The Morgan fingerprint density at radius 2 is 1.64 bits per heavy atom. The maximum atomic E-state index is 13.2. The Morgan fingerprint density at radius 1 is 1.06 bits per heavy atom. The molecule has 1 aliphatic heterocycles. The van der Waals surface area contributed by atoms with Crippen LogP contribution in [0.25, 0.3) is 17.2 Å². The fraction of sp³-hybridized carbons (Fsp3) is 0.238. The Hall–Kier alpha value is -2.91. The van der Waals surface area contributed by atoms with Crippen molar-refractivity contribution >= 4 is 63.5 Å². The van der Waals surface area contributed by atoms with Gasteiger partial charge in [-0.2, -0.15) is 26.3 Å². The molecule has 0 spiro atoms. The van der Waals surface area contributed by atoms with Crippen LogP contribution in [0.3, 0.4) is 0 Å². The fourth-order valence-corrected chi connectivity index (χ4v) is 5.18. The molecule has 2 aromatic rings. The van der Waals surface area contributed by atoms with Gasteiger partial charge in [-0.3, -0.25) is 19.3 Å². The molecule has 6 nitrogen and oxygen atoms in total. The molecule has 2 heterocycles. The molecule has 0 radical (unpaired) electrons. The molecule has 1 aromatic carbocycles. The molecule has 2 amide bonds. The molecule has 3 rings (SSSR count). The van der Waals surface area contributed by atoms with Crippen molar-refractivity contribution in [3.63, 3.8) is 0 Å². The van der Waals surface area contributed by atoms with E-state index in [1.165, 1.54) is 24.6 Å². The Labute approximate surface area is 213 Å². The first-order valence-corrected chi connectivity index (χ1v) is 11.8. The van der Waals surface area contributed by atoms with Gasteiger partial charge in [0.1, 0.15) is 17.4 Å². The highest BCUT2D eigenvalue weighted by atomic mass is 32.2. The number of benzene rings is 1. The Balaban J connectivity index is 1.85. The highest BCUT2D eigenvalue weighted by Gasteiger charge is 2.37. The quantitative estimate of drug-likeness (QED) is 0.294. The monoisotopic (exact) mass is 568 g/mol. The molecule has 0 bridgehead atoms. The van der Waals surface area contributed by atoms with E-state index in [1.54, 1.807) is 0 Å². The van der Waals surface area contributed by atoms with Crippen molar-refractivity contribution in [2.75, 3.05) is 20.1 Å². The molecule has 15 heteroatoms. The Kier molecular flexibility index (Phi) is 7.86. The van der Waals surface area contributed by atoms with E-state index >= 15 is 0 Å². The second-order valence-electron chi connectivity index (χ2n) is 7.44. The van der Waals surface area contributed by atoms with Crippen LogP contribution in [0.4, 0.5) is 26.3 Å². The van der Waals surface area contributed by atoms with E-state index in [1.807, 2.05) is 0 Å². The van der Waals surface area contributed by atoms with Gasteiger partial charge in [-0.1, -0.05) is 24.0 Å². The lowest BCUT2D eigenvalue weighted by atomic mass is 10.0. The number of amides is 2. The molecule has 1 N–H and O–H groups in total. The smallest absolute Gasteiger partial charge is 0.416 e. The highest BCUT2D eigenvalue weighted by molar-refractivity contribution is 8.26. The maximum Gasteiger partial charge on any atom is 0.416 e. The minimum absolute atomic E-state index is 0.0350. The van der Waals surface area contributed by atoms with Gasteiger partial charge in [0.05, 0.1) is 16.0 Å². The maximum absolute atomic E-state index is 13.2. The number of carboxylic acids is 1. The summed E-state index contributed by atoms with van der Waals surface area (Å²) in [5.41, 5.74) is -3.10. The van der Waals surface area contributed by atoms with Gasteiger partial charge in [0, 0.05) is 11.9 Å². The van der Waals surface area contributed by atoms with Gasteiger partial charge in [-0.05, 0) is 46.8 Å². The third kappa shape index (κ3) is 6.44. The predicted octanol–water partition coefficient (Wildman–Crippen LogP) is 5.20. The van der Waals surface area contributed by atoms with Crippen molar-refractivity contribution in [1.82, 2.24) is 9.80 Å². The normalized spacial score (nSPS) is 15.6. The third-order valence-corrected chi connectivity index (χ3v) is 7.04. The van der Waals surface area contributed by atoms with Crippen LogP contribution >= 0.6 is 35.3 Å². The van der Waals surface area contributed by atoms with Gasteiger partial charge in [0.15, 0.2) is 0 Å².